The molecule has 2 rings (SSSR count). The summed E-state index contributed by atoms with van der Waals surface area (Å²) in [5, 5.41) is 7.15. The normalized spacial score (nSPS) is 20.9. The maximum atomic E-state index is 12.1. The summed E-state index contributed by atoms with van der Waals surface area (Å²) in [4.78, 5) is 14.3. The van der Waals surface area contributed by atoms with Gasteiger partial charge in [0.1, 0.15) is 0 Å². The number of nitrogens with zero attached hydrogens (tertiary/aromatic N) is 3. The van der Waals surface area contributed by atoms with E-state index in [9.17, 15) is 4.79 Å². The third-order valence-corrected chi connectivity index (χ3v) is 3.48. The van der Waals surface area contributed by atoms with E-state index in [2.05, 4.69) is 22.4 Å². The van der Waals surface area contributed by atoms with Crippen LogP contribution < -0.4 is 5.32 Å². The molecule has 0 unspecified atom stereocenters. The Kier molecular flexibility index (Phi) is 5.14. The number of carbonyl (C=O) groups is 1. The van der Waals surface area contributed by atoms with Crippen LogP contribution in [0.3, 0.4) is 0 Å². The minimum absolute atomic E-state index is 0.0659. The summed E-state index contributed by atoms with van der Waals surface area (Å²) in [7, 11) is 2.08. The fourth-order valence-corrected chi connectivity index (χ4v) is 2.26. The number of aromatic nitrogens is 2. The molecule has 0 saturated carbocycles. The van der Waals surface area contributed by atoms with Crippen molar-refractivity contribution in [2.75, 3.05) is 39.9 Å². The second kappa shape index (κ2) is 6.85. The molecule has 0 radical (unpaired) electrons. The molecule has 20 heavy (non-hydrogen) atoms. The van der Waals surface area contributed by atoms with E-state index >= 15 is 0 Å². The van der Waals surface area contributed by atoms with Gasteiger partial charge in [0.25, 0.3) is 5.91 Å². The van der Waals surface area contributed by atoms with Crippen LogP contribution in [0.15, 0.2) is 12.4 Å². The highest BCUT2D eigenvalue weighted by atomic mass is 16.5. The molecule has 6 nitrogen and oxygen atoms in total. The molecule has 0 aliphatic carbocycles. The molecule has 1 aromatic heterocycles. The first kappa shape index (κ1) is 15.0. The van der Waals surface area contributed by atoms with Gasteiger partial charge in [0.05, 0.1) is 25.0 Å². The smallest absolute Gasteiger partial charge is 0.254 e. The number of hydrogen-bond donors (Lipinski definition) is 1. The molecule has 1 fully saturated rings. The van der Waals surface area contributed by atoms with Crippen molar-refractivity contribution in [3.05, 3.63) is 18.0 Å². The van der Waals surface area contributed by atoms with Crippen molar-refractivity contribution in [3.63, 3.8) is 0 Å². The lowest BCUT2D eigenvalue weighted by atomic mass is 10.1. The van der Waals surface area contributed by atoms with Crippen LogP contribution >= 0.6 is 0 Å². The molecule has 1 amide bonds. The third-order valence-electron chi connectivity index (χ3n) is 3.48. The molecule has 1 aliphatic heterocycles. The van der Waals surface area contributed by atoms with Gasteiger partial charge in [-0.15, -0.1) is 0 Å². The molecular weight excluding hydrogens is 256 g/mol. The number of hydrogen-bond acceptors (Lipinski definition) is 4. The van der Waals surface area contributed by atoms with Gasteiger partial charge < -0.3 is 15.0 Å². The van der Waals surface area contributed by atoms with Gasteiger partial charge in [0, 0.05) is 37.8 Å². The Labute approximate surface area is 120 Å². The maximum Gasteiger partial charge on any atom is 0.254 e. The number of carbonyl (C=O) groups excluding carboxylic acids is 1. The Morgan fingerprint density at radius 3 is 3.10 bits per heavy atom. The molecule has 1 N–H and O–H groups in total. The Hall–Kier alpha value is -1.40. The highest BCUT2D eigenvalue weighted by Crippen LogP contribution is 2.07. The van der Waals surface area contributed by atoms with Crippen molar-refractivity contribution in [3.8, 4) is 0 Å². The van der Waals surface area contributed by atoms with Gasteiger partial charge in [-0.05, 0) is 20.9 Å². The summed E-state index contributed by atoms with van der Waals surface area (Å²) >= 11 is 0. The van der Waals surface area contributed by atoms with E-state index in [4.69, 9.17) is 4.74 Å². The van der Waals surface area contributed by atoms with Crippen molar-refractivity contribution >= 4 is 5.91 Å². The average molecular weight is 280 g/mol. The van der Waals surface area contributed by atoms with E-state index in [0.717, 1.165) is 19.7 Å². The minimum atomic E-state index is -0.0659. The summed E-state index contributed by atoms with van der Waals surface area (Å²) in [5.41, 5.74) is 0.613. The zero-order chi connectivity index (χ0) is 14.5. The minimum Gasteiger partial charge on any atom is -0.380 e. The highest BCUT2D eigenvalue weighted by Gasteiger charge is 2.17. The average Bonchev–Trinajstić information content (AvgIpc) is 2.81. The summed E-state index contributed by atoms with van der Waals surface area (Å²) < 4.78 is 7.33. The van der Waals surface area contributed by atoms with Crippen LogP contribution in [0.25, 0.3) is 0 Å². The highest BCUT2D eigenvalue weighted by molar-refractivity contribution is 5.93. The van der Waals surface area contributed by atoms with E-state index < -0.39 is 0 Å². The summed E-state index contributed by atoms with van der Waals surface area (Å²) in [5.74, 6) is 0.274. The largest absolute Gasteiger partial charge is 0.380 e. The molecule has 2 heterocycles. The van der Waals surface area contributed by atoms with Crippen LogP contribution in [0.1, 0.15) is 30.2 Å². The molecule has 0 aromatic carbocycles. The summed E-state index contributed by atoms with van der Waals surface area (Å²) in [6.07, 6.45) is 3.40. The lowest BCUT2D eigenvalue weighted by Crippen LogP contribution is -2.35. The first-order chi connectivity index (χ1) is 9.56. The molecule has 0 bridgehead atoms. The van der Waals surface area contributed by atoms with Gasteiger partial charge in [0.15, 0.2) is 0 Å². The van der Waals surface area contributed by atoms with E-state index in [1.807, 2.05) is 13.8 Å². The van der Waals surface area contributed by atoms with Gasteiger partial charge in [-0.1, -0.05) is 0 Å². The van der Waals surface area contributed by atoms with Gasteiger partial charge >= 0.3 is 0 Å². The zero-order valence-corrected chi connectivity index (χ0v) is 12.5. The van der Waals surface area contributed by atoms with Crippen molar-refractivity contribution in [1.82, 2.24) is 20.0 Å². The molecule has 1 aromatic rings. The molecule has 1 atom stereocenters. The predicted octanol–water partition coefficient (Wildman–Crippen LogP) is 0.772. The fourth-order valence-electron chi connectivity index (χ4n) is 2.26. The lowest BCUT2D eigenvalue weighted by molar-refractivity contribution is 0.0921. The molecular formula is C14H24N4O2. The molecule has 0 spiro atoms. The first-order valence-electron chi connectivity index (χ1n) is 7.15. The van der Waals surface area contributed by atoms with Crippen molar-refractivity contribution in [2.24, 2.45) is 5.92 Å². The second-order valence-corrected chi connectivity index (χ2v) is 5.72. The number of ether oxygens (including phenoxy) is 1. The van der Waals surface area contributed by atoms with Gasteiger partial charge in [-0.3, -0.25) is 9.48 Å². The molecule has 1 saturated heterocycles. The van der Waals surface area contributed by atoms with Crippen LogP contribution in [0, 0.1) is 5.92 Å². The van der Waals surface area contributed by atoms with Crippen LogP contribution in [0.4, 0.5) is 0 Å². The van der Waals surface area contributed by atoms with Gasteiger partial charge in [0.2, 0.25) is 0 Å². The standard InChI is InChI=1S/C14H24N4O2/c1-11(2)18-9-13(7-16-18)14(19)15-6-12-8-17(3)4-5-20-10-12/h7,9,11-12H,4-6,8,10H2,1-3H3,(H,15,19)/t12-/m0/s1. The maximum absolute atomic E-state index is 12.1. The monoisotopic (exact) mass is 280 g/mol. The Balaban J connectivity index is 1.84. The third kappa shape index (κ3) is 4.05. The van der Waals surface area contributed by atoms with Crippen molar-refractivity contribution < 1.29 is 9.53 Å². The Bertz CT molecular complexity index is 444. The van der Waals surface area contributed by atoms with E-state index in [0.29, 0.717) is 24.6 Å². The van der Waals surface area contributed by atoms with Crippen LogP contribution in [0.5, 0.6) is 0 Å². The van der Waals surface area contributed by atoms with Crippen molar-refractivity contribution in [2.45, 2.75) is 19.9 Å². The number of nitrogens with one attached hydrogen (secondary N) is 1. The van der Waals surface area contributed by atoms with Crippen LogP contribution in [0.2, 0.25) is 0 Å². The van der Waals surface area contributed by atoms with E-state index in [1.165, 1.54) is 0 Å². The van der Waals surface area contributed by atoms with Crippen LogP contribution in [-0.4, -0.2) is 60.5 Å². The summed E-state index contributed by atoms with van der Waals surface area (Å²) in [6.45, 7) is 8.08. The number of likely N-dealkylation sites (N-methyl/N-ethyl adjacent to an activating group) is 1. The second-order valence-electron chi connectivity index (χ2n) is 5.72. The topological polar surface area (TPSA) is 59.4 Å². The first-order valence-corrected chi connectivity index (χ1v) is 7.15. The molecule has 6 heteroatoms. The molecule has 1 aliphatic rings. The van der Waals surface area contributed by atoms with Crippen LogP contribution in [-0.2, 0) is 4.74 Å². The SMILES string of the molecule is CC(C)n1cc(C(=O)NC[C@@H]2COCCN(C)C2)cn1. The Morgan fingerprint density at radius 1 is 1.60 bits per heavy atom. The lowest BCUT2D eigenvalue weighted by Gasteiger charge is -2.18. The fraction of sp³-hybridized carbons (Fsp3) is 0.714. The zero-order valence-electron chi connectivity index (χ0n) is 12.5. The van der Waals surface area contributed by atoms with Gasteiger partial charge in [-0.25, -0.2) is 0 Å². The quantitative estimate of drug-likeness (QED) is 0.885. The molecule has 112 valence electrons. The summed E-state index contributed by atoms with van der Waals surface area (Å²) in [6, 6.07) is 0.264. The Morgan fingerprint density at radius 2 is 2.40 bits per heavy atom. The van der Waals surface area contributed by atoms with Gasteiger partial charge in [-0.2, -0.15) is 5.10 Å². The number of rotatable bonds is 4. The van der Waals surface area contributed by atoms with E-state index in [1.54, 1.807) is 17.1 Å². The number of amides is 1. The van der Waals surface area contributed by atoms with E-state index in [-0.39, 0.29) is 11.9 Å². The predicted molar refractivity (Wildman–Crippen MR) is 76.8 cm³/mol. The van der Waals surface area contributed by atoms with Crippen molar-refractivity contribution in [1.29, 1.82) is 0 Å².